The highest BCUT2D eigenvalue weighted by Gasteiger charge is 2.77. The van der Waals surface area contributed by atoms with E-state index >= 15 is 0 Å². The number of allylic oxidation sites excluding steroid dienone is 1. The lowest BCUT2D eigenvalue weighted by Gasteiger charge is -2.51. The van der Waals surface area contributed by atoms with Gasteiger partial charge in [0.25, 0.3) is 0 Å². The first-order valence-electron chi connectivity index (χ1n) is 8.57. The molecule has 3 fully saturated rings. The third kappa shape index (κ3) is 2.47. The molecule has 4 nitrogen and oxygen atoms in total. The highest BCUT2D eigenvalue weighted by molar-refractivity contribution is 6.55. The lowest BCUT2D eigenvalue weighted by Crippen LogP contribution is -2.66. The van der Waals surface area contributed by atoms with Crippen molar-refractivity contribution in [1.82, 2.24) is 0 Å². The minimum Gasteiger partial charge on any atom is -0.379 e. The second-order valence-corrected chi connectivity index (χ2v) is 8.79. The van der Waals surface area contributed by atoms with Crippen LogP contribution in [0.25, 0.3) is 0 Å². The van der Waals surface area contributed by atoms with E-state index in [1.54, 1.807) is 7.11 Å². The Morgan fingerprint density at radius 2 is 2.00 bits per heavy atom. The molecular formula is C16H27B3O4. The molecule has 124 valence electrons. The molecule has 0 radical (unpaired) electrons. The summed E-state index contributed by atoms with van der Waals surface area (Å²) in [6.07, 6.45) is 3.96. The van der Waals surface area contributed by atoms with Crippen molar-refractivity contribution < 1.29 is 19.0 Å². The monoisotopic (exact) mass is 316 g/mol. The first kappa shape index (κ1) is 17.3. The van der Waals surface area contributed by atoms with Crippen LogP contribution in [0.5, 0.6) is 0 Å². The van der Waals surface area contributed by atoms with Crippen molar-refractivity contribution in [1.29, 1.82) is 0 Å². The average Bonchev–Trinajstić information content (AvgIpc) is 3.33. The Labute approximate surface area is 141 Å². The number of carbonyl (C=O) groups is 1. The quantitative estimate of drug-likeness (QED) is 0.388. The summed E-state index contributed by atoms with van der Waals surface area (Å²) in [6, 6.07) is 0. The van der Waals surface area contributed by atoms with Gasteiger partial charge in [-0.25, -0.2) is 0 Å². The van der Waals surface area contributed by atoms with E-state index in [0.717, 1.165) is 12.8 Å². The molecule has 2 aliphatic heterocycles. The van der Waals surface area contributed by atoms with Gasteiger partial charge >= 0.3 is 0 Å². The Morgan fingerprint density at radius 1 is 1.39 bits per heavy atom. The molecule has 1 spiro atoms. The number of carbonyl (C=O) groups excluding carboxylic acids is 1. The molecule has 5 atom stereocenters. The molecule has 3 aliphatic rings. The molecule has 0 N–H and O–H groups in total. The van der Waals surface area contributed by atoms with Crippen molar-refractivity contribution in [2.75, 3.05) is 13.7 Å². The summed E-state index contributed by atoms with van der Waals surface area (Å²) in [5.41, 5.74) is -0.224. The second kappa shape index (κ2) is 4.99. The minimum absolute atomic E-state index is 0.0661. The fourth-order valence-electron chi connectivity index (χ4n) is 5.03. The second-order valence-electron chi connectivity index (χ2n) is 8.79. The van der Waals surface area contributed by atoms with Gasteiger partial charge in [0.1, 0.15) is 27.1 Å². The molecule has 1 unspecified atom stereocenters. The van der Waals surface area contributed by atoms with E-state index in [9.17, 15) is 4.79 Å². The SMILES string of the molecule is BC1(B)C[C@]2(CO2)[C@@H](C2(C)O[C@@H]2CC=C(C)C)[C@](B)(OC)C1=O. The van der Waals surface area contributed by atoms with Crippen molar-refractivity contribution in [3.05, 3.63) is 11.6 Å². The molecule has 23 heavy (non-hydrogen) atoms. The summed E-state index contributed by atoms with van der Waals surface area (Å²) in [6.45, 7) is 7.00. The molecule has 1 aliphatic carbocycles. The van der Waals surface area contributed by atoms with Crippen LogP contribution in [0.3, 0.4) is 0 Å². The van der Waals surface area contributed by atoms with E-state index in [0.29, 0.717) is 6.61 Å². The average molecular weight is 316 g/mol. The van der Waals surface area contributed by atoms with E-state index in [2.05, 4.69) is 26.8 Å². The van der Waals surface area contributed by atoms with E-state index in [4.69, 9.17) is 14.2 Å². The Morgan fingerprint density at radius 3 is 2.48 bits per heavy atom. The zero-order valence-corrected chi connectivity index (χ0v) is 15.5. The first-order valence-corrected chi connectivity index (χ1v) is 8.57. The summed E-state index contributed by atoms with van der Waals surface area (Å²) in [5.74, 6) is 0.0971. The topological polar surface area (TPSA) is 51.4 Å². The van der Waals surface area contributed by atoms with Crippen LogP contribution in [-0.4, -0.2) is 65.8 Å². The maximum absolute atomic E-state index is 13.1. The van der Waals surface area contributed by atoms with Crippen molar-refractivity contribution in [2.45, 2.75) is 61.6 Å². The summed E-state index contributed by atoms with van der Waals surface area (Å²) < 4.78 is 17.9. The maximum atomic E-state index is 13.1. The Hall–Kier alpha value is -0.515. The van der Waals surface area contributed by atoms with Crippen LogP contribution in [0.1, 0.15) is 33.6 Å². The van der Waals surface area contributed by atoms with Gasteiger partial charge in [-0.05, 0) is 38.8 Å². The molecule has 1 saturated carbocycles. The largest absolute Gasteiger partial charge is 0.379 e. The van der Waals surface area contributed by atoms with Crippen LogP contribution >= 0.6 is 0 Å². The Kier molecular flexibility index (Phi) is 3.76. The number of Topliss-reactive ketones (excluding diaryl/α,β-unsaturated/α-hetero) is 1. The molecule has 3 rings (SSSR count). The minimum atomic E-state index is -0.868. The molecule has 0 amide bonds. The van der Waals surface area contributed by atoms with E-state index in [1.165, 1.54) is 5.57 Å². The third-order valence-corrected chi connectivity index (χ3v) is 6.11. The van der Waals surface area contributed by atoms with Gasteiger partial charge in [-0.1, -0.05) is 11.6 Å². The van der Waals surface area contributed by atoms with Crippen molar-refractivity contribution in [2.24, 2.45) is 5.92 Å². The fourth-order valence-corrected chi connectivity index (χ4v) is 5.03. The molecule has 2 heterocycles. The molecule has 0 aromatic carbocycles. The van der Waals surface area contributed by atoms with Gasteiger partial charge in [0.15, 0.2) is 7.85 Å². The van der Waals surface area contributed by atoms with Gasteiger partial charge in [-0.3, -0.25) is 4.79 Å². The summed E-state index contributed by atoms with van der Waals surface area (Å²) in [4.78, 5) is 13.1. The number of hydrogen-bond acceptors (Lipinski definition) is 4. The molecular weight excluding hydrogens is 289 g/mol. The number of ether oxygens (including phenoxy) is 3. The third-order valence-electron chi connectivity index (χ3n) is 6.11. The fraction of sp³-hybridized carbons (Fsp3) is 0.812. The Bertz CT molecular complexity index is 568. The lowest BCUT2D eigenvalue weighted by atomic mass is 9.37. The molecule has 0 aromatic heterocycles. The molecule has 0 bridgehead atoms. The van der Waals surface area contributed by atoms with Crippen molar-refractivity contribution in [3.63, 3.8) is 0 Å². The molecule has 7 heteroatoms. The zero-order chi connectivity index (χ0) is 17.3. The van der Waals surface area contributed by atoms with E-state index in [-0.39, 0.29) is 29.0 Å². The van der Waals surface area contributed by atoms with Crippen LogP contribution < -0.4 is 0 Å². The van der Waals surface area contributed by atoms with Gasteiger partial charge in [0.2, 0.25) is 0 Å². The van der Waals surface area contributed by atoms with Gasteiger partial charge in [-0.2, -0.15) is 0 Å². The van der Waals surface area contributed by atoms with Gasteiger partial charge in [0.05, 0.1) is 23.8 Å². The summed E-state index contributed by atoms with van der Waals surface area (Å²) >= 11 is 0. The number of epoxide rings is 2. The number of ketones is 1. The van der Waals surface area contributed by atoms with Crippen LogP contribution in [-0.2, 0) is 19.0 Å². The van der Waals surface area contributed by atoms with Crippen LogP contribution in [0, 0.1) is 5.92 Å². The number of rotatable bonds is 4. The predicted molar refractivity (Wildman–Crippen MR) is 97.2 cm³/mol. The van der Waals surface area contributed by atoms with Crippen molar-refractivity contribution >= 4 is 29.3 Å². The molecule has 0 aromatic rings. The van der Waals surface area contributed by atoms with Gasteiger partial charge < -0.3 is 14.2 Å². The summed E-state index contributed by atoms with van der Waals surface area (Å²) in [7, 11) is 7.57. The van der Waals surface area contributed by atoms with E-state index in [1.807, 2.05) is 23.5 Å². The predicted octanol–water partition coefficient (Wildman–Crippen LogP) is -0.784. The summed E-state index contributed by atoms with van der Waals surface area (Å²) in [5, 5.41) is -0.432. The van der Waals surface area contributed by atoms with Crippen LogP contribution in [0.4, 0.5) is 0 Å². The first-order chi connectivity index (χ1) is 10.5. The van der Waals surface area contributed by atoms with Gasteiger partial charge in [-0.15, -0.1) is 0 Å². The zero-order valence-electron chi connectivity index (χ0n) is 15.5. The highest BCUT2D eigenvalue weighted by Crippen LogP contribution is 2.64. The normalized spacial score (nSPS) is 47.4. The smallest absolute Gasteiger partial charge is 0.153 e. The van der Waals surface area contributed by atoms with Crippen molar-refractivity contribution in [3.8, 4) is 0 Å². The Balaban J connectivity index is 1.94. The number of hydrogen-bond donors (Lipinski definition) is 0. The van der Waals surface area contributed by atoms with E-state index < -0.39 is 10.7 Å². The lowest BCUT2D eigenvalue weighted by molar-refractivity contribution is -0.151. The van der Waals surface area contributed by atoms with Crippen LogP contribution in [0.15, 0.2) is 11.6 Å². The maximum Gasteiger partial charge on any atom is 0.153 e. The van der Waals surface area contributed by atoms with Gasteiger partial charge in [0, 0.05) is 13.0 Å². The standard InChI is InChI=1S/C16H27B3O4/c1-9(2)5-6-10-13(3,23-10)11-14(8-22-14)7-15(17,18)12(20)16(11,19)21-4/h5,10-11H,6-8,17-19H2,1-4H3/t10-,11-,13?,14+,16+/m1/s1. The highest BCUT2D eigenvalue weighted by atomic mass is 16.6. The number of methoxy groups -OCH3 is 1. The molecule has 2 saturated heterocycles. The van der Waals surface area contributed by atoms with Crippen LogP contribution in [0.2, 0.25) is 5.21 Å².